The van der Waals surface area contributed by atoms with Gasteiger partial charge in [0.25, 0.3) is 0 Å². The van der Waals surface area contributed by atoms with E-state index in [0.717, 1.165) is 0 Å². The van der Waals surface area contributed by atoms with Crippen LogP contribution in [-0.4, -0.2) is 178 Å². The van der Waals surface area contributed by atoms with Gasteiger partial charge in [-0.05, 0) is 6.92 Å². The Labute approximate surface area is 620 Å². The number of pyridine rings is 1. The van der Waals surface area contributed by atoms with Gasteiger partial charge in [-0.15, -0.1) is 12.4 Å². The number of hydrogen-bond donors (Lipinski definition) is 11. The zero-order valence-electron chi connectivity index (χ0n) is 39.3. The Kier molecular flexibility index (Phi) is 71.6. The van der Waals surface area contributed by atoms with E-state index >= 15 is 0 Å². The maximum absolute atomic E-state index is 10.3. The van der Waals surface area contributed by atoms with E-state index in [1.807, 2.05) is 0 Å². The second-order valence-corrected chi connectivity index (χ2v) is 12.3. The first-order valence-corrected chi connectivity index (χ1v) is 16.1. The van der Waals surface area contributed by atoms with E-state index < -0.39 is 145 Å². The predicted octanol–water partition coefficient (Wildman–Crippen LogP) is -33.5. The molecule has 0 aliphatic rings. The Balaban J connectivity index is -0.0000000608. The molecule has 11 N–H and O–H groups in total. The summed E-state index contributed by atoms with van der Waals surface area (Å²) in [4.78, 5) is 124. The molecule has 1 heterocycles. The largest absolute Gasteiger partial charge is 2.00 e. The van der Waals surface area contributed by atoms with E-state index in [9.17, 15) is 103 Å². The van der Waals surface area contributed by atoms with Crippen LogP contribution in [0.1, 0.15) is 68.2 Å². The molecule has 0 saturated heterocycles. The van der Waals surface area contributed by atoms with Crippen molar-refractivity contribution in [1.82, 2.24) is 4.98 Å². The van der Waals surface area contributed by atoms with Crippen molar-refractivity contribution < 1.29 is 397 Å². The van der Waals surface area contributed by atoms with Crippen molar-refractivity contribution in [3.63, 3.8) is 0 Å². The number of aromatic nitrogens is 1. The Morgan fingerprint density at radius 2 is 0.694 bits per heavy atom. The fourth-order valence-electron chi connectivity index (χ4n) is 3.78. The van der Waals surface area contributed by atoms with Gasteiger partial charge in [-0.1, -0.05) is 0 Å². The van der Waals surface area contributed by atoms with Crippen LogP contribution < -0.4 is 284 Å². The maximum Gasteiger partial charge on any atom is 2.00 e. The van der Waals surface area contributed by atoms with Crippen molar-refractivity contribution in [2.75, 3.05) is 0 Å². The van der Waals surface area contributed by atoms with Gasteiger partial charge < -0.3 is 135 Å². The third-order valence-electron chi connectivity index (χ3n) is 6.81. The summed E-state index contributed by atoms with van der Waals surface area (Å²) in [5.41, 5.74) is -10.3. The topological polar surface area (TPSA) is 625 Å². The third kappa shape index (κ3) is 47.3. The first-order chi connectivity index (χ1) is 28.8. The fraction of sp³-hybridized carbons (Fsp3) is 0.469. The number of halogens is 1. The van der Waals surface area contributed by atoms with E-state index in [0.29, 0.717) is 16.8 Å². The Morgan fingerprint density at radius 1 is 0.472 bits per heavy atom. The first-order valence-electron chi connectivity index (χ1n) is 16.1. The molecule has 1 rings (SSSR count). The van der Waals surface area contributed by atoms with Crippen LogP contribution >= 0.6 is 12.4 Å². The molecule has 40 heteroatoms. The summed E-state index contributed by atoms with van der Waals surface area (Å²) in [5.74, 6) is -22.7. The number of nitrogens with zero attached hydrogens (tertiary/aromatic N) is 1. The number of carbonyl (C=O) groups excluding carboxylic acids is 8. The van der Waals surface area contributed by atoms with Crippen LogP contribution in [0.3, 0.4) is 0 Å². The third-order valence-corrected chi connectivity index (χ3v) is 6.81. The summed E-state index contributed by atoms with van der Waals surface area (Å²) in [6, 6.07) is 0. The van der Waals surface area contributed by atoms with Crippen molar-refractivity contribution in [1.29, 1.82) is 0 Å². The van der Waals surface area contributed by atoms with Crippen molar-refractivity contribution in [3.05, 3.63) is 23.0 Å². The van der Waals surface area contributed by atoms with Crippen LogP contribution in [0.2, 0.25) is 0 Å². The van der Waals surface area contributed by atoms with Gasteiger partial charge >= 0.3 is 290 Å². The summed E-state index contributed by atoms with van der Waals surface area (Å²) >= 11 is 0. The summed E-state index contributed by atoms with van der Waals surface area (Å²) in [6.07, 6.45) is -8.84. The number of aromatic hydroxyl groups is 1. The van der Waals surface area contributed by atoms with E-state index in [1.165, 1.54) is 6.20 Å². The SMILES string of the molecule is Cc1ncc(CO)c(CO)c1O.Cl.O=C(O)CC(O)(CC(=O)O)C(=O)O.O=C([O-])CC(O)(CC(=O)O)C(=O)[O-].O=C([O-])CC(O)(CC(=O)[O-])C(=O)[O-].O=C([O-])CC(O)(CC(=O)[O-])C(=O)[O-].[K+].[K+].[K+].[Mg+2].[Na+].[Na+].[Na+]. The zero-order valence-corrected chi connectivity index (χ0v) is 56.9. The van der Waals surface area contributed by atoms with Gasteiger partial charge in [0.1, 0.15) is 22.6 Å². The minimum Gasteiger partial charge on any atom is -0.550 e. The number of carbonyl (C=O) groups is 12. The summed E-state index contributed by atoms with van der Waals surface area (Å²) in [6.45, 7) is 1.12. The number of rotatable bonds is 22. The Bertz CT molecular complexity index is 1660. The molecule has 0 amide bonds. The second-order valence-electron chi connectivity index (χ2n) is 12.3. The average molecular weight is 1180 g/mol. The first kappa shape index (κ1) is 102. The molecule has 370 valence electrons. The second kappa shape index (κ2) is 50.5. The van der Waals surface area contributed by atoms with Crippen LogP contribution in [0.25, 0.3) is 0 Å². The van der Waals surface area contributed by atoms with E-state index in [2.05, 4.69) is 4.98 Å². The molecule has 0 aromatic carbocycles. The maximum atomic E-state index is 10.3. The van der Waals surface area contributed by atoms with Gasteiger partial charge in [-0.3, -0.25) is 19.4 Å². The molecule has 1 aromatic heterocycles. The molecule has 72 heavy (non-hydrogen) atoms. The van der Waals surface area contributed by atoms with E-state index in [4.69, 9.17) is 51.1 Å². The van der Waals surface area contributed by atoms with Crippen molar-refractivity contribution in [3.8, 4) is 5.75 Å². The minimum atomic E-state index is -2.97. The van der Waals surface area contributed by atoms with Gasteiger partial charge in [0.05, 0.1) is 56.1 Å². The number of aliphatic hydroxyl groups is 6. The molecule has 0 spiro atoms. The molecule has 0 aliphatic heterocycles. The molecule has 0 radical (unpaired) electrons. The van der Waals surface area contributed by atoms with Gasteiger partial charge in [0.15, 0.2) is 5.60 Å². The van der Waals surface area contributed by atoms with Gasteiger partial charge in [-0.2, -0.15) is 0 Å². The van der Waals surface area contributed by atoms with Crippen LogP contribution in [0.5, 0.6) is 5.75 Å². The average Bonchev–Trinajstić information content (AvgIpc) is 3.07. The summed E-state index contributed by atoms with van der Waals surface area (Å²) in [7, 11) is 0. The van der Waals surface area contributed by atoms with E-state index in [1.54, 1.807) is 6.92 Å². The van der Waals surface area contributed by atoms with Crippen molar-refractivity contribution in [2.45, 2.75) is 93.9 Å². The van der Waals surface area contributed by atoms with Crippen LogP contribution in [0.4, 0.5) is 0 Å². The molecule has 0 fully saturated rings. The van der Waals surface area contributed by atoms with E-state index in [-0.39, 0.29) is 297 Å². The molecule has 1 atom stereocenters. The van der Waals surface area contributed by atoms with Gasteiger partial charge in [0, 0.05) is 79.3 Å². The van der Waals surface area contributed by atoms with Gasteiger partial charge in [0.2, 0.25) is 0 Å². The molecule has 0 saturated carbocycles. The molecule has 1 aromatic rings. The van der Waals surface area contributed by atoms with Crippen LogP contribution in [0.15, 0.2) is 6.20 Å². The van der Waals surface area contributed by atoms with Crippen molar-refractivity contribution >= 4 is 107 Å². The summed E-state index contributed by atoms with van der Waals surface area (Å²) < 4.78 is 0. The number of carboxylic acid groups (broad SMARTS) is 12. The number of carboxylic acids is 12. The van der Waals surface area contributed by atoms with Crippen LogP contribution in [0, 0.1) is 6.92 Å². The standard InChI is InChI=1S/C8H11NO3.4C6H8O7.ClH.3K.Mg.3Na/c1-5-8(12)7(4-11)6(3-10)2-9-5;4*7-3(8)1-6(13,5(11)12)2-4(9)10;;;;;;;;/h2,10-12H,3-4H2,1H3;4*13H,1-2H2,(H,7,8)(H,9,10)(H,11,12);1H;;;;;;;/q;;;;;;3*+1;+2;3*+1/p-8. The summed E-state index contributed by atoms with van der Waals surface area (Å²) in [5, 5.41) is 176. The smallest absolute Gasteiger partial charge is 0.550 e. The molecule has 0 bridgehead atoms. The van der Waals surface area contributed by atoms with Crippen molar-refractivity contribution in [2.24, 2.45) is 0 Å². The molecule has 32 nitrogen and oxygen atoms in total. The molecule has 0 aliphatic carbocycles. The Morgan fingerprint density at radius 3 is 0.861 bits per heavy atom. The predicted molar refractivity (Wildman–Crippen MR) is 183 cm³/mol. The number of hydrogen-bond acceptors (Lipinski definition) is 28. The fourth-order valence-corrected chi connectivity index (χ4v) is 3.78. The Hall–Kier alpha value is 1.32. The zero-order chi connectivity index (χ0) is 51.7. The number of aliphatic hydroxyl groups excluding tert-OH is 2. The minimum absolute atomic E-state index is 0. The molecule has 1 unspecified atom stereocenters. The quantitative estimate of drug-likeness (QED) is 0.0480. The molecular weight excluding hydrogens is 1140 g/mol. The van der Waals surface area contributed by atoms with Gasteiger partial charge in [-0.25, -0.2) is 4.79 Å². The number of aryl methyl sites for hydroxylation is 1. The molecular formula is C32H36ClK3MgNNa3O31. The normalized spacial score (nSPS) is 10.2. The number of aliphatic carboxylic acids is 12. The van der Waals surface area contributed by atoms with Crippen LogP contribution in [-0.2, 0) is 70.7 Å². The monoisotopic (exact) mass is 1170 g/mol.